The van der Waals surface area contributed by atoms with Gasteiger partial charge in [0.2, 0.25) is 5.91 Å². The first-order valence-electron chi connectivity index (χ1n) is 10.4. The van der Waals surface area contributed by atoms with E-state index >= 15 is 0 Å². The quantitative estimate of drug-likeness (QED) is 0.310. The van der Waals surface area contributed by atoms with E-state index in [4.69, 9.17) is 4.74 Å². The van der Waals surface area contributed by atoms with Crippen LogP contribution in [-0.2, 0) is 16.1 Å². The standard InChI is InChI=1S/C22H36N4O2.HI/c1-17(2)14-21(27)25-20-7-5-6-19(15-20)16-24-22(23-3)26(4)11-8-18-9-12-28-13-10-18;/h5-7,15,17-18H,8-14,16H2,1-4H3,(H,23,24)(H,25,27);1H. The van der Waals surface area contributed by atoms with E-state index in [1.807, 2.05) is 39.1 Å². The highest BCUT2D eigenvalue weighted by atomic mass is 127. The zero-order valence-corrected chi connectivity index (χ0v) is 20.6. The third-order valence-electron chi connectivity index (χ3n) is 5.04. The summed E-state index contributed by atoms with van der Waals surface area (Å²) in [5, 5.41) is 6.40. The molecule has 0 saturated carbocycles. The van der Waals surface area contributed by atoms with Gasteiger partial charge in [0.25, 0.3) is 0 Å². The second-order valence-electron chi connectivity index (χ2n) is 8.01. The molecule has 2 rings (SSSR count). The highest BCUT2D eigenvalue weighted by Crippen LogP contribution is 2.18. The predicted octanol–water partition coefficient (Wildman–Crippen LogP) is 4.11. The van der Waals surface area contributed by atoms with Crippen LogP contribution < -0.4 is 10.6 Å². The number of halogens is 1. The van der Waals surface area contributed by atoms with Gasteiger partial charge in [-0.2, -0.15) is 0 Å². The van der Waals surface area contributed by atoms with Gasteiger partial charge in [0, 0.05) is 52.5 Å². The van der Waals surface area contributed by atoms with Crippen LogP contribution in [0.5, 0.6) is 0 Å². The van der Waals surface area contributed by atoms with Gasteiger partial charge in [0.15, 0.2) is 5.96 Å². The van der Waals surface area contributed by atoms with Crippen molar-refractivity contribution < 1.29 is 9.53 Å². The van der Waals surface area contributed by atoms with Gasteiger partial charge in [-0.15, -0.1) is 24.0 Å². The number of carbonyl (C=O) groups excluding carboxylic acids is 1. The molecule has 0 aliphatic carbocycles. The van der Waals surface area contributed by atoms with Crippen molar-refractivity contribution in [3.8, 4) is 0 Å². The van der Waals surface area contributed by atoms with E-state index < -0.39 is 0 Å². The topological polar surface area (TPSA) is 66.0 Å². The Morgan fingerprint density at radius 1 is 1.31 bits per heavy atom. The van der Waals surface area contributed by atoms with Crippen molar-refractivity contribution in [3.05, 3.63) is 29.8 Å². The van der Waals surface area contributed by atoms with Crippen molar-refractivity contribution in [2.75, 3.05) is 39.2 Å². The molecule has 164 valence electrons. The molecular weight excluding hydrogens is 479 g/mol. The van der Waals surface area contributed by atoms with Crippen molar-refractivity contribution in [1.82, 2.24) is 10.2 Å². The molecule has 1 aromatic carbocycles. The van der Waals surface area contributed by atoms with E-state index in [2.05, 4.69) is 33.6 Å². The third kappa shape index (κ3) is 9.80. The number of ether oxygens (including phenoxy) is 1. The number of rotatable bonds is 8. The summed E-state index contributed by atoms with van der Waals surface area (Å²) >= 11 is 0. The molecule has 1 saturated heterocycles. The van der Waals surface area contributed by atoms with Crippen molar-refractivity contribution >= 4 is 41.5 Å². The minimum Gasteiger partial charge on any atom is -0.381 e. The average Bonchev–Trinajstić information content (AvgIpc) is 2.67. The monoisotopic (exact) mass is 516 g/mol. The molecule has 1 aromatic rings. The van der Waals surface area contributed by atoms with Crippen molar-refractivity contribution in [3.63, 3.8) is 0 Å². The highest BCUT2D eigenvalue weighted by molar-refractivity contribution is 14.0. The van der Waals surface area contributed by atoms with Gasteiger partial charge in [-0.25, -0.2) is 0 Å². The number of aliphatic imine (C=N–C) groups is 1. The van der Waals surface area contributed by atoms with E-state index in [1.165, 1.54) is 0 Å². The Kier molecular flexibility index (Phi) is 12.2. The number of amides is 1. The fourth-order valence-corrected chi connectivity index (χ4v) is 3.42. The van der Waals surface area contributed by atoms with Gasteiger partial charge < -0.3 is 20.3 Å². The maximum atomic E-state index is 12.0. The van der Waals surface area contributed by atoms with E-state index in [1.54, 1.807) is 0 Å². The van der Waals surface area contributed by atoms with E-state index in [-0.39, 0.29) is 29.9 Å². The minimum atomic E-state index is 0. The maximum Gasteiger partial charge on any atom is 0.224 e. The summed E-state index contributed by atoms with van der Waals surface area (Å²) in [6, 6.07) is 7.97. The molecule has 0 bridgehead atoms. The number of anilines is 1. The first-order chi connectivity index (χ1) is 13.5. The fraction of sp³-hybridized carbons (Fsp3) is 0.636. The van der Waals surface area contributed by atoms with Crippen molar-refractivity contribution in [2.45, 2.75) is 46.1 Å². The molecule has 2 N–H and O–H groups in total. The van der Waals surface area contributed by atoms with Gasteiger partial charge in [-0.05, 0) is 48.8 Å². The molecule has 1 fully saturated rings. The summed E-state index contributed by atoms with van der Waals surface area (Å²) in [6.45, 7) is 7.53. The first-order valence-corrected chi connectivity index (χ1v) is 10.4. The normalized spacial score (nSPS) is 15.0. The van der Waals surface area contributed by atoms with Crippen LogP contribution in [0.3, 0.4) is 0 Å². The zero-order valence-electron chi connectivity index (χ0n) is 18.2. The Hall–Kier alpha value is -1.35. The van der Waals surface area contributed by atoms with Crippen LogP contribution in [0.15, 0.2) is 29.3 Å². The minimum absolute atomic E-state index is 0. The zero-order chi connectivity index (χ0) is 20.4. The van der Waals surface area contributed by atoms with Crippen LogP contribution in [0.2, 0.25) is 0 Å². The lowest BCUT2D eigenvalue weighted by Gasteiger charge is -2.27. The molecule has 0 aromatic heterocycles. The summed E-state index contributed by atoms with van der Waals surface area (Å²) in [5.41, 5.74) is 1.95. The van der Waals surface area contributed by atoms with Crippen LogP contribution in [0.1, 0.15) is 45.1 Å². The van der Waals surface area contributed by atoms with Gasteiger partial charge in [0.1, 0.15) is 0 Å². The number of guanidine groups is 1. The molecule has 1 aliphatic rings. The van der Waals surface area contributed by atoms with Crippen LogP contribution in [0.25, 0.3) is 0 Å². The van der Waals surface area contributed by atoms with Crippen molar-refractivity contribution in [2.24, 2.45) is 16.8 Å². The van der Waals surface area contributed by atoms with Gasteiger partial charge in [-0.3, -0.25) is 9.79 Å². The fourth-order valence-electron chi connectivity index (χ4n) is 3.42. The number of hydrogen-bond acceptors (Lipinski definition) is 3. The lowest BCUT2D eigenvalue weighted by atomic mass is 9.96. The molecule has 6 nitrogen and oxygen atoms in total. The lowest BCUT2D eigenvalue weighted by Crippen LogP contribution is -2.39. The molecule has 0 unspecified atom stereocenters. The summed E-state index contributed by atoms with van der Waals surface area (Å²) in [6.07, 6.45) is 4.02. The molecular formula is C22H37IN4O2. The second-order valence-corrected chi connectivity index (χ2v) is 8.01. The number of nitrogens with zero attached hydrogens (tertiary/aromatic N) is 2. The molecule has 1 heterocycles. The van der Waals surface area contributed by atoms with E-state index in [9.17, 15) is 4.79 Å². The van der Waals surface area contributed by atoms with Gasteiger partial charge >= 0.3 is 0 Å². The second kappa shape index (κ2) is 13.8. The van der Waals surface area contributed by atoms with Crippen molar-refractivity contribution in [1.29, 1.82) is 0 Å². The number of carbonyl (C=O) groups is 1. The smallest absolute Gasteiger partial charge is 0.224 e. The van der Waals surface area contributed by atoms with E-state index in [0.29, 0.717) is 18.9 Å². The molecule has 1 amide bonds. The molecule has 7 heteroatoms. The first kappa shape index (κ1) is 25.7. The van der Waals surface area contributed by atoms with Crippen LogP contribution in [-0.4, -0.2) is 50.6 Å². The molecule has 0 spiro atoms. The summed E-state index contributed by atoms with van der Waals surface area (Å²) in [5.74, 6) is 2.05. The average molecular weight is 516 g/mol. The molecule has 29 heavy (non-hydrogen) atoms. The molecule has 1 aliphatic heterocycles. The largest absolute Gasteiger partial charge is 0.381 e. The van der Waals surface area contributed by atoms with Gasteiger partial charge in [-0.1, -0.05) is 26.0 Å². The summed E-state index contributed by atoms with van der Waals surface area (Å²) < 4.78 is 5.44. The molecule has 0 atom stereocenters. The summed E-state index contributed by atoms with van der Waals surface area (Å²) in [7, 11) is 3.90. The Bertz CT molecular complexity index is 645. The Labute approximate surface area is 192 Å². The van der Waals surface area contributed by atoms with Gasteiger partial charge in [0.05, 0.1) is 0 Å². The lowest BCUT2D eigenvalue weighted by molar-refractivity contribution is -0.116. The van der Waals surface area contributed by atoms with Crippen LogP contribution in [0.4, 0.5) is 5.69 Å². The number of hydrogen-bond donors (Lipinski definition) is 2. The maximum absolute atomic E-state index is 12.0. The number of benzene rings is 1. The Balaban J connectivity index is 0.00000420. The van der Waals surface area contributed by atoms with Crippen LogP contribution >= 0.6 is 24.0 Å². The third-order valence-corrected chi connectivity index (χ3v) is 5.04. The Morgan fingerprint density at radius 2 is 2.03 bits per heavy atom. The number of nitrogens with one attached hydrogen (secondary N) is 2. The predicted molar refractivity (Wildman–Crippen MR) is 131 cm³/mol. The summed E-state index contributed by atoms with van der Waals surface area (Å²) in [4.78, 5) is 18.6. The molecule has 0 radical (unpaired) electrons. The van der Waals surface area contributed by atoms with Crippen LogP contribution in [0, 0.1) is 11.8 Å². The SMILES string of the molecule is CN=C(NCc1cccc(NC(=O)CC(C)C)c1)N(C)CCC1CCOCC1.I. The highest BCUT2D eigenvalue weighted by Gasteiger charge is 2.15. The Morgan fingerprint density at radius 3 is 2.69 bits per heavy atom. The van der Waals surface area contributed by atoms with E-state index in [0.717, 1.165) is 62.1 Å².